The Balaban J connectivity index is 1.86. The lowest BCUT2D eigenvalue weighted by atomic mass is 10.2. The lowest BCUT2D eigenvalue weighted by Gasteiger charge is -2.11. The molecule has 0 amide bonds. The molecule has 0 aromatic heterocycles. The molecule has 3 aromatic rings. The van der Waals surface area contributed by atoms with Gasteiger partial charge in [-0.15, -0.1) is 0 Å². The SMILES string of the molecule is O=C(O)c1ccccc1Oc1cccc(Oc2ccccc2C(=O)O)c1. The van der Waals surface area contributed by atoms with Crippen LogP contribution in [0.3, 0.4) is 0 Å². The van der Waals surface area contributed by atoms with Crippen LogP contribution in [0.15, 0.2) is 72.8 Å². The van der Waals surface area contributed by atoms with Crippen LogP contribution >= 0.6 is 0 Å². The van der Waals surface area contributed by atoms with E-state index in [1.54, 1.807) is 60.7 Å². The van der Waals surface area contributed by atoms with Gasteiger partial charge in [0.2, 0.25) is 0 Å². The number of rotatable bonds is 6. The Bertz CT molecular complexity index is 889. The zero-order chi connectivity index (χ0) is 18.5. The Kier molecular flexibility index (Phi) is 4.85. The molecule has 26 heavy (non-hydrogen) atoms. The van der Waals surface area contributed by atoms with Crippen LogP contribution in [0.25, 0.3) is 0 Å². The normalized spacial score (nSPS) is 10.2. The summed E-state index contributed by atoms with van der Waals surface area (Å²) in [6.45, 7) is 0. The van der Waals surface area contributed by atoms with Gasteiger partial charge in [-0.1, -0.05) is 30.3 Å². The van der Waals surface area contributed by atoms with Crippen molar-refractivity contribution in [2.24, 2.45) is 0 Å². The molecule has 0 fully saturated rings. The summed E-state index contributed by atoms with van der Waals surface area (Å²) < 4.78 is 11.3. The lowest BCUT2D eigenvalue weighted by Crippen LogP contribution is -2.00. The van der Waals surface area contributed by atoms with E-state index in [9.17, 15) is 19.8 Å². The van der Waals surface area contributed by atoms with Crippen LogP contribution in [0.5, 0.6) is 23.0 Å². The van der Waals surface area contributed by atoms with Gasteiger partial charge >= 0.3 is 11.9 Å². The quantitative estimate of drug-likeness (QED) is 0.671. The highest BCUT2D eigenvalue weighted by atomic mass is 16.5. The smallest absolute Gasteiger partial charge is 0.339 e. The van der Waals surface area contributed by atoms with Gasteiger partial charge in [-0.3, -0.25) is 0 Å². The van der Waals surface area contributed by atoms with E-state index in [0.717, 1.165) is 0 Å². The van der Waals surface area contributed by atoms with E-state index in [0.29, 0.717) is 11.5 Å². The van der Waals surface area contributed by atoms with Crippen molar-refractivity contribution in [3.8, 4) is 23.0 Å². The largest absolute Gasteiger partial charge is 0.478 e. The summed E-state index contributed by atoms with van der Waals surface area (Å²) in [6, 6.07) is 19.1. The van der Waals surface area contributed by atoms with E-state index in [1.165, 1.54) is 12.1 Å². The number of carbonyl (C=O) groups is 2. The minimum absolute atomic E-state index is 0.0371. The monoisotopic (exact) mass is 350 g/mol. The van der Waals surface area contributed by atoms with Crippen LogP contribution in [0.2, 0.25) is 0 Å². The van der Waals surface area contributed by atoms with E-state index in [1.807, 2.05) is 0 Å². The summed E-state index contributed by atoms with van der Waals surface area (Å²) in [6.07, 6.45) is 0. The van der Waals surface area contributed by atoms with E-state index in [-0.39, 0.29) is 22.6 Å². The van der Waals surface area contributed by atoms with E-state index in [2.05, 4.69) is 0 Å². The van der Waals surface area contributed by atoms with Gasteiger partial charge in [0.05, 0.1) is 0 Å². The highest BCUT2D eigenvalue weighted by Gasteiger charge is 2.13. The molecule has 0 spiro atoms. The first kappa shape index (κ1) is 17.0. The maximum Gasteiger partial charge on any atom is 0.339 e. The van der Waals surface area contributed by atoms with Gasteiger partial charge in [0.25, 0.3) is 0 Å². The predicted molar refractivity (Wildman–Crippen MR) is 93.4 cm³/mol. The molecule has 0 radical (unpaired) electrons. The maximum absolute atomic E-state index is 11.3. The Morgan fingerprint density at radius 3 is 1.46 bits per heavy atom. The third-order valence-electron chi connectivity index (χ3n) is 3.50. The van der Waals surface area contributed by atoms with Crippen LogP contribution in [0.4, 0.5) is 0 Å². The molecule has 3 aromatic carbocycles. The molecule has 2 N–H and O–H groups in total. The average Bonchev–Trinajstić information content (AvgIpc) is 2.62. The molecule has 0 saturated carbocycles. The molecule has 0 aliphatic heterocycles. The number of carboxylic acid groups (broad SMARTS) is 2. The van der Waals surface area contributed by atoms with Crippen molar-refractivity contribution in [2.75, 3.05) is 0 Å². The highest BCUT2D eigenvalue weighted by Crippen LogP contribution is 2.31. The molecule has 6 nitrogen and oxygen atoms in total. The molecule has 0 atom stereocenters. The lowest BCUT2D eigenvalue weighted by molar-refractivity contribution is 0.0683. The fourth-order valence-electron chi connectivity index (χ4n) is 2.32. The third-order valence-corrected chi connectivity index (χ3v) is 3.50. The first-order valence-electron chi connectivity index (χ1n) is 7.65. The van der Waals surface area contributed by atoms with Crippen molar-refractivity contribution in [1.29, 1.82) is 0 Å². The molecule has 130 valence electrons. The zero-order valence-corrected chi connectivity index (χ0v) is 13.5. The number of hydrogen-bond acceptors (Lipinski definition) is 4. The van der Waals surface area contributed by atoms with E-state index in [4.69, 9.17) is 9.47 Å². The predicted octanol–water partition coefficient (Wildman–Crippen LogP) is 4.67. The van der Waals surface area contributed by atoms with Crippen molar-refractivity contribution in [3.63, 3.8) is 0 Å². The van der Waals surface area contributed by atoms with Crippen molar-refractivity contribution in [1.82, 2.24) is 0 Å². The molecule has 0 heterocycles. The van der Waals surface area contributed by atoms with Gasteiger partial charge in [-0.05, 0) is 36.4 Å². The summed E-state index contributed by atoms with van der Waals surface area (Å²) >= 11 is 0. The molecule has 6 heteroatoms. The summed E-state index contributed by atoms with van der Waals surface area (Å²) in [5.41, 5.74) is 0.0742. The molecular weight excluding hydrogens is 336 g/mol. The Hall–Kier alpha value is -3.80. The molecule has 0 aliphatic rings. The topological polar surface area (TPSA) is 93.1 Å². The minimum atomic E-state index is -1.09. The van der Waals surface area contributed by atoms with Gasteiger partial charge < -0.3 is 19.7 Å². The van der Waals surface area contributed by atoms with Crippen LogP contribution < -0.4 is 9.47 Å². The molecule has 0 saturated heterocycles. The van der Waals surface area contributed by atoms with Crippen molar-refractivity contribution in [2.45, 2.75) is 0 Å². The van der Waals surface area contributed by atoms with Gasteiger partial charge in [-0.25, -0.2) is 9.59 Å². The summed E-state index contributed by atoms with van der Waals surface area (Å²) in [5.74, 6) is -1.06. The number of benzene rings is 3. The summed E-state index contributed by atoms with van der Waals surface area (Å²) in [7, 11) is 0. The standard InChI is InChI=1S/C20H14O6/c21-19(22)15-8-1-3-10-17(15)25-13-6-5-7-14(12-13)26-18-11-4-2-9-16(18)20(23)24/h1-12H,(H,21,22)(H,23,24). The fourth-order valence-corrected chi connectivity index (χ4v) is 2.32. The van der Waals surface area contributed by atoms with Gasteiger partial charge in [0.15, 0.2) is 0 Å². The van der Waals surface area contributed by atoms with Crippen LogP contribution in [-0.4, -0.2) is 22.2 Å². The van der Waals surface area contributed by atoms with Crippen LogP contribution in [-0.2, 0) is 0 Å². The molecule has 0 bridgehead atoms. The molecular formula is C20H14O6. The molecule has 0 aliphatic carbocycles. The average molecular weight is 350 g/mol. The second-order valence-electron chi connectivity index (χ2n) is 5.28. The van der Waals surface area contributed by atoms with E-state index < -0.39 is 11.9 Å². The van der Waals surface area contributed by atoms with Crippen LogP contribution in [0, 0.1) is 0 Å². The van der Waals surface area contributed by atoms with Gasteiger partial charge in [-0.2, -0.15) is 0 Å². The molecule has 0 unspecified atom stereocenters. The number of para-hydroxylation sites is 2. The number of ether oxygens (including phenoxy) is 2. The Morgan fingerprint density at radius 1 is 0.615 bits per heavy atom. The number of carboxylic acids is 2. The second-order valence-corrected chi connectivity index (χ2v) is 5.28. The molecule has 3 rings (SSSR count). The minimum Gasteiger partial charge on any atom is -0.478 e. The van der Waals surface area contributed by atoms with Crippen molar-refractivity contribution < 1.29 is 29.3 Å². The first-order valence-corrected chi connectivity index (χ1v) is 7.65. The second kappa shape index (κ2) is 7.40. The Labute approximate surface area is 148 Å². The fraction of sp³-hybridized carbons (Fsp3) is 0. The Morgan fingerprint density at radius 2 is 1.04 bits per heavy atom. The summed E-state index contributed by atoms with van der Waals surface area (Å²) in [5, 5.41) is 18.4. The number of hydrogen-bond donors (Lipinski definition) is 2. The van der Waals surface area contributed by atoms with Crippen molar-refractivity contribution >= 4 is 11.9 Å². The first-order chi connectivity index (χ1) is 12.5. The third kappa shape index (κ3) is 3.81. The zero-order valence-electron chi connectivity index (χ0n) is 13.5. The maximum atomic E-state index is 11.3. The van der Waals surface area contributed by atoms with E-state index >= 15 is 0 Å². The van der Waals surface area contributed by atoms with Crippen LogP contribution in [0.1, 0.15) is 20.7 Å². The number of aromatic carboxylic acids is 2. The van der Waals surface area contributed by atoms with Gasteiger partial charge in [0.1, 0.15) is 34.1 Å². The highest BCUT2D eigenvalue weighted by molar-refractivity contribution is 5.91. The van der Waals surface area contributed by atoms with Gasteiger partial charge in [0, 0.05) is 6.07 Å². The van der Waals surface area contributed by atoms with Crippen molar-refractivity contribution in [3.05, 3.63) is 83.9 Å². The summed E-state index contributed by atoms with van der Waals surface area (Å²) in [4.78, 5) is 22.5.